The summed E-state index contributed by atoms with van der Waals surface area (Å²) in [7, 11) is 1.71. The SMILES string of the molecule is COc1ccc([C@H](C)NC(C)C2CCCC2)cc1. The van der Waals surface area contributed by atoms with E-state index in [1.165, 1.54) is 31.2 Å². The van der Waals surface area contributed by atoms with Crippen molar-refractivity contribution < 1.29 is 4.74 Å². The highest BCUT2D eigenvalue weighted by Gasteiger charge is 2.22. The molecular formula is C16H25NO. The van der Waals surface area contributed by atoms with Gasteiger partial charge >= 0.3 is 0 Å². The van der Waals surface area contributed by atoms with Gasteiger partial charge in [-0.2, -0.15) is 0 Å². The molecule has 1 aromatic rings. The number of benzene rings is 1. The van der Waals surface area contributed by atoms with Crippen molar-refractivity contribution in [2.24, 2.45) is 5.92 Å². The highest BCUT2D eigenvalue weighted by atomic mass is 16.5. The predicted molar refractivity (Wildman–Crippen MR) is 76.0 cm³/mol. The average Bonchev–Trinajstić information content (AvgIpc) is 2.92. The van der Waals surface area contributed by atoms with Gasteiger partial charge in [0.05, 0.1) is 7.11 Å². The van der Waals surface area contributed by atoms with E-state index in [1.807, 2.05) is 12.1 Å². The average molecular weight is 247 g/mol. The minimum Gasteiger partial charge on any atom is -0.497 e. The van der Waals surface area contributed by atoms with Crippen LogP contribution in [-0.4, -0.2) is 13.2 Å². The zero-order chi connectivity index (χ0) is 13.0. The van der Waals surface area contributed by atoms with E-state index in [4.69, 9.17) is 4.74 Å². The summed E-state index contributed by atoms with van der Waals surface area (Å²) in [4.78, 5) is 0. The van der Waals surface area contributed by atoms with Crippen molar-refractivity contribution in [1.82, 2.24) is 5.32 Å². The molecule has 0 heterocycles. The van der Waals surface area contributed by atoms with Crippen LogP contribution >= 0.6 is 0 Å². The Bertz CT molecular complexity index is 354. The van der Waals surface area contributed by atoms with Gasteiger partial charge in [0.15, 0.2) is 0 Å². The maximum absolute atomic E-state index is 5.19. The molecule has 1 aromatic carbocycles. The van der Waals surface area contributed by atoms with E-state index in [0.717, 1.165) is 11.7 Å². The Balaban J connectivity index is 1.91. The third-order valence-electron chi connectivity index (χ3n) is 4.24. The van der Waals surface area contributed by atoms with E-state index < -0.39 is 0 Å². The fourth-order valence-corrected chi connectivity index (χ4v) is 2.98. The molecule has 0 spiro atoms. The minimum absolute atomic E-state index is 0.409. The highest BCUT2D eigenvalue weighted by Crippen LogP contribution is 2.29. The first kappa shape index (κ1) is 13.4. The van der Waals surface area contributed by atoms with Crippen LogP contribution in [0.3, 0.4) is 0 Å². The summed E-state index contributed by atoms with van der Waals surface area (Å²) in [5, 5.41) is 3.73. The maximum Gasteiger partial charge on any atom is 0.118 e. The van der Waals surface area contributed by atoms with Crippen LogP contribution in [-0.2, 0) is 0 Å². The standard InChI is InChI=1S/C16H25NO/c1-12(14-6-4-5-7-14)17-13(2)15-8-10-16(18-3)11-9-15/h8-14,17H,4-7H2,1-3H3/t12?,13-/m0/s1. The highest BCUT2D eigenvalue weighted by molar-refractivity contribution is 5.28. The Morgan fingerprint density at radius 3 is 2.28 bits per heavy atom. The summed E-state index contributed by atoms with van der Waals surface area (Å²) in [6.07, 6.45) is 5.61. The van der Waals surface area contributed by atoms with Crippen LogP contribution in [0.2, 0.25) is 0 Å². The Hall–Kier alpha value is -1.02. The molecular weight excluding hydrogens is 222 g/mol. The number of rotatable bonds is 5. The third-order valence-corrected chi connectivity index (χ3v) is 4.24. The Morgan fingerprint density at radius 1 is 1.11 bits per heavy atom. The lowest BCUT2D eigenvalue weighted by Gasteiger charge is -2.25. The molecule has 2 rings (SSSR count). The first-order chi connectivity index (χ1) is 8.70. The van der Waals surface area contributed by atoms with Crippen LogP contribution in [0.25, 0.3) is 0 Å². The zero-order valence-corrected chi connectivity index (χ0v) is 11.8. The summed E-state index contributed by atoms with van der Waals surface area (Å²) in [6, 6.07) is 9.40. The Labute approximate surface area is 111 Å². The lowest BCUT2D eigenvalue weighted by atomic mass is 9.98. The van der Waals surface area contributed by atoms with Crippen molar-refractivity contribution in [3.8, 4) is 5.75 Å². The monoisotopic (exact) mass is 247 g/mol. The van der Waals surface area contributed by atoms with E-state index in [-0.39, 0.29) is 0 Å². The molecule has 0 bridgehead atoms. The second kappa shape index (κ2) is 6.24. The molecule has 1 fully saturated rings. The van der Waals surface area contributed by atoms with Gasteiger partial charge < -0.3 is 10.1 Å². The minimum atomic E-state index is 0.409. The van der Waals surface area contributed by atoms with Crippen LogP contribution in [0.5, 0.6) is 5.75 Å². The molecule has 1 saturated carbocycles. The van der Waals surface area contributed by atoms with Crippen LogP contribution in [0.1, 0.15) is 51.1 Å². The Morgan fingerprint density at radius 2 is 1.72 bits per heavy atom. The molecule has 0 amide bonds. The van der Waals surface area contributed by atoms with Gasteiger partial charge in [-0.3, -0.25) is 0 Å². The summed E-state index contributed by atoms with van der Waals surface area (Å²) in [6.45, 7) is 4.57. The normalized spacial score (nSPS) is 19.7. The van der Waals surface area contributed by atoms with Crippen LogP contribution in [0.4, 0.5) is 0 Å². The van der Waals surface area contributed by atoms with Gasteiger partial charge in [-0.1, -0.05) is 25.0 Å². The smallest absolute Gasteiger partial charge is 0.118 e. The topological polar surface area (TPSA) is 21.3 Å². The van der Waals surface area contributed by atoms with E-state index >= 15 is 0 Å². The number of hydrogen-bond donors (Lipinski definition) is 1. The Kier molecular flexibility index (Phi) is 4.65. The first-order valence-electron chi connectivity index (χ1n) is 7.10. The molecule has 2 atom stereocenters. The van der Waals surface area contributed by atoms with Crippen LogP contribution < -0.4 is 10.1 Å². The summed E-state index contributed by atoms with van der Waals surface area (Å²) >= 11 is 0. The van der Waals surface area contributed by atoms with Crippen LogP contribution in [0, 0.1) is 5.92 Å². The molecule has 0 aliphatic heterocycles. The zero-order valence-electron chi connectivity index (χ0n) is 11.8. The van der Waals surface area contributed by atoms with E-state index in [1.54, 1.807) is 7.11 Å². The molecule has 0 radical (unpaired) electrons. The molecule has 1 aliphatic rings. The quantitative estimate of drug-likeness (QED) is 0.851. The number of methoxy groups -OCH3 is 1. The molecule has 1 aliphatic carbocycles. The summed E-state index contributed by atoms with van der Waals surface area (Å²) < 4.78 is 5.19. The molecule has 2 heteroatoms. The second-order valence-electron chi connectivity index (χ2n) is 5.49. The summed E-state index contributed by atoms with van der Waals surface area (Å²) in [5.74, 6) is 1.79. The van der Waals surface area contributed by atoms with Gasteiger partial charge in [-0.15, -0.1) is 0 Å². The molecule has 18 heavy (non-hydrogen) atoms. The molecule has 0 saturated heterocycles. The van der Waals surface area contributed by atoms with Gasteiger partial charge in [-0.05, 0) is 50.3 Å². The van der Waals surface area contributed by atoms with E-state index in [9.17, 15) is 0 Å². The van der Waals surface area contributed by atoms with Crippen LogP contribution in [0.15, 0.2) is 24.3 Å². The first-order valence-corrected chi connectivity index (χ1v) is 7.10. The molecule has 0 aromatic heterocycles. The van der Waals surface area contributed by atoms with Gasteiger partial charge in [0, 0.05) is 12.1 Å². The number of hydrogen-bond acceptors (Lipinski definition) is 2. The van der Waals surface area contributed by atoms with Crippen molar-refractivity contribution in [3.63, 3.8) is 0 Å². The van der Waals surface area contributed by atoms with Crippen molar-refractivity contribution in [2.45, 2.75) is 51.6 Å². The summed E-state index contributed by atoms with van der Waals surface area (Å²) in [5.41, 5.74) is 1.33. The van der Waals surface area contributed by atoms with E-state index in [0.29, 0.717) is 12.1 Å². The lowest BCUT2D eigenvalue weighted by Crippen LogP contribution is -2.34. The molecule has 1 N–H and O–H groups in total. The lowest BCUT2D eigenvalue weighted by molar-refractivity contribution is 0.352. The van der Waals surface area contributed by atoms with Gasteiger partial charge in [-0.25, -0.2) is 0 Å². The maximum atomic E-state index is 5.19. The van der Waals surface area contributed by atoms with E-state index in [2.05, 4.69) is 31.3 Å². The molecule has 1 unspecified atom stereocenters. The molecule has 100 valence electrons. The molecule has 2 nitrogen and oxygen atoms in total. The van der Waals surface area contributed by atoms with Gasteiger partial charge in [0.25, 0.3) is 0 Å². The fourth-order valence-electron chi connectivity index (χ4n) is 2.98. The fraction of sp³-hybridized carbons (Fsp3) is 0.625. The van der Waals surface area contributed by atoms with Crippen molar-refractivity contribution in [1.29, 1.82) is 0 Å². The van der Waals surface area contributed by atoms with Crippen molar-refractivity contribution in [2.75, 3.05) is 7.11 Å². The second-order valence-corrected chi connectivity index (χ2v) is 5.49. The largest absolute Gasteiger partial charge is 0.497 e. The van der Waals surface area contributed by atoms with Gasteiger partial charge in [0.1, 0.15) is 5.75 Å². The third kappa shape index (κ3) is 3.26. The van der Waals surface area contributed by atoms with Crippen molar-refractivity contribution in [3.05, 3.63) is 29.8 Å². The number of nitrogens with one attached hydrogen (secondary N) is 1. The number of ether oxygens (including phenoxy) is 1. The van der Waals surface area contributed by atoms with Crippen molar-refractivity contribution >= 4 is 0 Å². The predicted octanol–water partition coefficient (Wildman–Crippen LogP) is 3.92. The van der Waals surface area contributed by atoms with Gasteiger partial charge in [0.2, 0.25) is 0 Å².